The molecule has 0 heterocycles. The topological polar surface area (TPSA) is 67.9 Å². The van der Waals surface area contributed by atoms with Crippen LogP contribution in [0.5, 0.6) is 0 Å². The summed E-state index contributed by atoms with van der Waals surface area (Å²) in [6.45, 7) is -0.239. The smallest absolute Gasteiger partial charge is 0.256 e. The van der Waals surface area contributed by atoms with Crippen LogP contribution in [0.3, 0.4) is 0 Å². The minimum atomic E-state index is -0.330. The highest BCUT2D eigenvalue weighted by molar-refractivity contribution is 6.24. The highest BCUT2D eigenvalue weighted by Gasteiger charge is 2.19. The number of nitriles is 2. The molecule has 0 bridgehead atoms. The van der Waals surface area contributed by atoms with Gasteiger partial charge in [0.1, 0.15) is 13.1 Å². The summed E-state index contributed by atoms with van der Waals surface area (Å²) in [5, 5.41) is 17.8. The molecule has 2 aromatic carbocycles. The average Bonchev–Trinajstić information content (AvgIpc) is 2.60. The van der Waals surface area contributed by atoms with Crippen molar-refractivity contribution in [2.45, 2.75) is 0 Å². The number of carbonyl (C=O) groups is 1. The fraction of sp³-hybridized carbons (Fsp3) is 0.105. The van der Waals surface area contributed by atoms with Gasteiger partial charge in [0.05, 0.1) is 12.1 Å². The Morgan fingerprint density at radius 3 is 1.96 bits per heavy atom. The van der Waals surface area contributed by atoms with Crippen molar-refractivity contribution in [3.8, 4) is 12.1 Å². The molecule has 4 heteroatoms. The van der Waals surface area contributed by atoms with Gasteiger partial charge < -0.3 is 4.90 Å². The van der Waals surface area contributed by atoms with Crippen molar-refractivity contribution in [2.24, 2.45) is 0 Å². The third-order valence-electron chi connectivity index (χ3n) is 3.24. The zero-order valence-corrected chi connectivity index (χ0v) is 12.5. The molecule has 0 aliphatic carbocycles. The Hall–Kier alpha value is -3.37. The summed E-state index contributed by atoms with van der Waals surface area (Å²) in [5.74, 6) is -0.330. The maximum atomic E-state index is 12.8. The van der Waals surface area contributed by atoms with E-state index in [1.807, 2.05) is 72.8 Å². The first kappa shape index (κ1) is 16.0. The van der Waals surface area contributed by atoms with E-state index in [2.05, 4.69) is 0 Å². The highest BCUT2D eigenvalue weighted by atomic mass is 16.2. The predicted molar refractivity (Wildman–Crippen MR) is 88.6 cm³/mol. The average molecular weight is 301 g/mol. The zero-order valence-electron chi connectivity index (χ0n) is 12.5. The molecule has 0 fully saturated rings. The lowest BCUT2D eigenvalue weighted by Crippen LogP contribution is -2.32. The van der Waals surface area contributed by atoms with Gasteiger partial charge in [0.2, 0.25) is 0 Å². The molecule has 4 nitrogen and oxygen atoms in total. The maximum Gasteiger partial charge on any atom is 0.256 e. The van der Waals surface area contributed by atoms with Crippen molar-refractivity contribution in [1.82, 2.24) is 4.90 Å². The Morgan fingerprint density at radius 2 is 1.43 bits per heavy atom. The second-order valence-electron chi connectivity index (χ2n) is 4.81. The summed E-state index contributed by atoms with van der Waals surface area (Å²) < 4.78 is 0. The van der Waals surface area contributed by atoms with E-state index in [1.165, 1.54) is 4.90 Å². The van der Waals surface area contributed by atoms with Gasteiger partial charge in [-0.1, -0.05) is 60.7 Å². The normalized spacial score (nSPS) is 10.4. The zero-order chi connectivity index (χ0) is 16.5. The number of hydrogen-bond acceptors (Lipinski definition) is 3. The first-order chi connectivity index (χ1) is 11.3. The standard InChI is InChI=1S/C19H15N3O/c20-11-13-22(14-12-21)19(23)18(17-9-5-2-6-10-17)15-16-7-3-1-4-8-16/h1-10,15H,13-14H2. The van der Waals surface area contributed by atoms with Gasteiger partial charge in [-0.3, -0.25) is 4.79 Å². The van der Waals surface area contributed by atoms with Crippen LogP contribution in [0.25, 0.3) is 11.6 Å². The SMILES string of the molecule is N#CCN(CC#N)C(=O)C(=Cc1ccccc1)c1ccccc1. The van der Waals surface area contributed by atoms with Crippen LogP contribution in [0.1, 0.15) is 11.1 Å². The predicted octanol–water partition coefficient (Wildman–Crippen LogP) is 3.10. The second-order valence-corrected chi connectivity index (χ2v) is 4.81. The lowest BCUT2D eigenvalue weighted by molar-refractivity contribution is -0.123. The quantitative estimate of drug-likeness (QED) is 0.484. The molecule has 0 saturated heterocycles. The van der Waals surface area contributed by atoms with E-state index in [9.17, 15) is 4.79 Å². The minimum Gasteiger partial charge on any atom is -0.312 e. The molecule has 0 aliphatic rings. The number of benzene rings is 2. The van der Waals surface area contributed by atoms with Gasteiger partial charge in [0, 0.05) is 5.57 Å². The van der Waals surface area contributed by atoms with E-state index < -0.39 is 0 Å². The van der Waals surface area contributed by atoms with Crippen molar-refractivity contribution >= 4 is 17.6 Å². The first-order valence-corrected chi connectivity index (χ1v) is 7.11. The number of amides is 1. The van der Waals surface area contributed by atoms with Gasteiger partial charge in [-0.2, -0.15) is 10.5 Å². The van der Waals surface area contributed by atoms with Gasteiger partial charge in [-0.05, 0) is 17.2 Å². The Bertz CT molecular complexity index is 752. The van der Waals surface area contributed by atoms with Crippen molar-refractivity contribution < 1.29 is 4.79 Å². The summed E-state index contributed by atoms with van der Waals surface area (Å²) in [7, 11) is 0. The first-order valence-electron chi connectivity index (χ1n) is 7.11. The highest BCUT2D eigenvalue weighted by Crippen LogP contribution is 2.20. The van der Waals surface area contributed by atoms with Crippen molar-refractivity contribution in [3.63, 3.8) is 0 Å². The molecule has 0 N–H and O–H groups in total. The van der Waals surface area contributed by atoms with Gasteiger partial charge >= 0.3 is 0 Å². The minimum absolute atomic E-state index is 0.120. The molecule has 0 unspecified atom stereocenters. The largest absolute Gasteiger partial charge is 0.312 e. The molecular formula is C19H15N3O. The molecule has 0 aromatic heterocycles. The van der Waals surface area contributed by atoms with Crippen LogP contribution in [-0.2, 0) is 4.79 Å². The fourth-order valence-electron chi connectivity index (χ4n) is 2.14. The fourth-order valence-corrected chi connectivity index (χ4v) is 2.14. The van der Waals surface area contributed by atoms with Gasteiger partial charge in [-0.25, -0.2) is 0 Å². The molecule has 0 atom stereocenters. The summed E-state index contributed by atoms with van der Waals surface area (Å²) in [5.41, 5.74) is 2.10. The molecular weight excluding hydrogens is 286 g/mol. The summed E-state index contributed by atoms with van der Waals surface area (Å²) >= 11 is 0. The molecule has 2 aromatic rings. The van der Waals surface area contributed by atoms with Crippen LogP contribution < -0.4 is 0 Å². The van der Waals surface area contributed by atoms with E-state index in [0.717, 1.165) is 11.1 Å². The lowest BCUT2D eigenvalue weighted by atomic mass is 10.0. The monoisotopic (exact) mass is 301 g/mol. The summed E-state index contributed by atoms with van der Waals surface area (Å²) in [6, 6.07) is 22.6. The molecule has 2 rings (SSSR count). The third-order valence-corrected chi connectivity index (χ3v) is 3.24. The third kappa shape index (κ3) is 4.30. The molecule has 0 spiro atoms. The van der Waals surface area contributed by atoms with Crippen LogP contribution in [0.15, 0.2) is 60.7 Å². The van der Waals surface area contributed by atoms with Gasteiger partial charge in [-0.15, -0.1) is 0 Å². The van der Waals surface area contributed by atoms with E-state index >= 15 is 0 Å². The number of hydrogen-bond donors (Lipinski definition) is 0. The van der Waals surface area contributed by atoms with E-state index in [0.29, 0.717) is 5.57 Å². The Morgan fingerprint density at radius 1 is 0.913 bits per heavy atom. The van der Waals surface area contributed by atoms with Crippen LogP contribution >= 0.6 is 0 Å². The van der Waals surface area contributed by atoms with Crippen LogP contribution in [0.4, 0.5) is 0 Å². The Balaban J connectivity index is 2.46. The maximum absolute atomic E-state index is 12.8. The number of carbonyl (C=O) groups excluding carboxylic acids is 1. The van der Waals surface area contributed by atoms with Crippen molar-refractivity contribution in [1.29, 1.82) is 10.5 Å². The number of nitrogens with zero attached hydrogens (tertiary/aromatic N) is 3. The second kappa shape index (κ2) is 8.17. The molecule has 1 amide bonds. The summed E-state index contributed by atoms with van der Waals surface area (Å²) in [4.78, 5) is 14.0. The Labute approximate surface area is 135 Å². The Kier molecular flexibility index (Phi) is 5.68. The van der Waals surface area contributed by atoms with Crippen LogP contribution in [0, 0.1) is 22.7 Å². The van der Waals surface area contributed by atoms with Crippen LogP contribution in [-0.4, -0.2) is 23.9 Å². The van der Waals surface area contributed by atoms with Crippen molar-refractivity contribution in [2.75, 3.05) is 13.1 Å². The lowest BCUT2D eigenvalue weighted by Gasteiger charge is -2.18. The molecule has 0 aliphatic heterocycles. The summed E-state index contributed by atoms with van der Waals surface area (Å²) in [6.07, 6.45) is 1.78. The molecule has 0 radical (unpaired) electrons. The molecule has 112 valence electrons. The van der Waals surface area contributed by atoms with E-state index in [-0.39, 0.29) is 19.0 Å². The van der Waals surface area contributed by atoms with Gasteiger partial charge in [0.15, 0.2) is 0 Å². The number of rotatable bonds is 5. The van der Waals surface area contributed by atoms with Crippen molar-refractivity contribution in [3.05, 3.63) is 71.8 Å². The van der Waals surface area contributed by atoms with E-state index in [1.54, 1.807) is 6.08 Å². The van der Waals surface area contributed by atoms with Gasteiger partial charge in [0.25, 0.3) is 5.91 Å². The van der Waals surface area contributed by atoms with E-state index in [4.69, 9.17) is 10.5 Å². The molecule has 0 saturated carbocycles. The molecule has 23 heavy (non-hydrogen) atoms. The van der Waals surface area contributed by atoms with Crippen LogP contribution in [0.2, 0.25) is 0 Å².